The Bertz CT molecular complexity index is 552. The van der Waals surface area contributed by atoms with E-state index < -0.39 is 5.54 Å². The Morgan fingerprint density at radius 1 is 1.26 bits per heavy atom. The van der Waals surface area contributed by atoms with Crippen LogP contribution in [0.15, 0.2) is 47.1 Å². The third kappa shape index (κ3) is 4.40. The number of halogens is 2. The Kier molecular flexibility index (Phi) is 4.32. The second kappa shape index (κ2) is 5.80. The van der Waals surface area contributed by atoms with E-state index in [-0.39, 0.29) is 5.82 Å². The summed E-state index contributed by atoms with van der Waals surface area (Å²) in [4.78, 5) is 4.32. The van der Waals surface area contributed by atoms with E-state index >= 15 is 0 Å². The minimum Gasteiger partial charge on any atom is -0.325 e. The van der Waals surface area contributed by atoms with E-state index in [9.17, 15) is 4.39 Å². The molecule has 4 heteroatoms. The molecule has 100 valence electrons. The predicted octanol–water partition coefficient (Wildman–Crippen LogP) is 3.49. The maximum atomic E-state index is 13.2. The molecular formula is C15H16BrFN2. The van der Waals surface area contributed by atoms with Gasteiger partial charge < -0.3 is 5.73 Å². The molecule has 1 unspecified atom stereocenters. The number of hydrogen-bond donors (Lipinski definition) is 1. The molecular weight excluding hydrogens is 307 g/mol. The van der Waals surface area contributed by atoms with Crippen molar-refractivity contribution < 1.29 is 4.39 Å². The normalized spacial score (nSPS) is 14.1. The van der Waals surface area contributed by atoms with Gasteiger partial charge in [-0.2, -0.15) is 0 Å². The average Bonchev–Trinajstić information content (AvgIpc) is 2.31. The van der Waals surface area contributed by atoms with Gasteiger partial charge in [-0.3, -0.25) is 4.98 Å². The van der Waals surface area contributed by atoms with Crippen LogP contribution >= 0.6 is 15.9 Å². The van der Waals surface area contributed by atoms with Crippen LogP contribution < -0.4 is 5.73 Å². The molecule has 0 amide bonds. The Balaban J connectivity index is 2.07. The van der Waals surface area contributed by atoms with Crippen LogP contribution in [0.5, 0.6) is 0 Å². The summed E-state index contributed by atoms with van der Waals surface area (Å²) in [6.45, 7) is 1.96. The van der Waals surface area contributed by atoms with E-state index in [4.69, 9.17) is 5.73 Å². The van der Waals surface area contributed by atoms with Gasteiger partial charge in [0.25, 0.3) is 0 Å². The molecule has 0 aliphatic rings. The highest BCUT2D eigenvalue weighted by molar-refractivity contribution is 9.10. The molecule has 0 aliphatic carbocycles. The summed E-state index contributed by atoms with van der Waals surface area (Å²) in [7, 11) is 0. The second-order valence-electron chi connectivity index (χ2n) is 5.11. The summed E-state index contributed by atoms with van der Waals surface area (Å²) in [6, 6.07) is 10.5. The fourth-order valence-electron chi connectivity index (χ4n) is 2.10. The molecule has 1 heterocycles. The van der Waals surface area contributed by atoms with Crippen LogP contribution in [0.2, 0.25) is 0 Å². The largest absolute Gasteiger partial charge is 0.325 e. The number of nitrogens with zero attached hydrogens (tertiary/aromatic N) is 1. The van der Waals surface area contributed by atoms with Crippen LogP contribution in [0.4, 0.5) is 4.39 Å². The predicted molar refractivity (Wildman–Crippen MR) is 78.3 cm³/mol. The lowest BCUT2D eigenvalue weighted by atomic mass is 9.89. The summed E-state index contributed by atoms with van der Waals surface area (Å²) in [5, 5.41) is 0. The SMILES string of the molecule is CC(N)(Cc1cccc(F)c1)Cc1ccc(Br)cn1. The number of hydrogen-bond acceptors (Lipinski definition) is 2. The van der Waals surface area contributed by atoms with E-state index in [1.165, 1.54) is 12.1 Å². The summed E-state index contributed by atoms with van der Waals surface area (Å²) >= 11 is 3.35. The smallest absolute Gasteiger partial charge is 0.123 e. The molecule has 0 radical (unpaired) electrons. The molecule has 2 nitrogen and oxygen atoms in total. The van der Waals surface area contributed by atoms with Gasteiger partial charge in [0, 0.05) is 28.3 Å². The van der Waals surface area contributed by atoms with E-state index in [2.05, 4.69) is 20.9 Å². The van der Waals surface area contributed by atoms with Crippen LogP contribution in [0.25, 0.3) is 0 Å². The van der Waals surface area contributed by atoms with Crippen molar-refractivity contribution >= 4 is 15.9 Å². The molecule has 2 rings (SSSR count). The van der Waals surface area contributed by atoms with Gasteiger partial charge in [-0.15, -0.1) is 0 Å². The van der Waals surface area contributed by atoms with E-state index in [0.717, 1.165) is 15.7 Å². The first-order valence-corrected chi connectivity index (χ1v) is 6.88. The van der Waals surface area contributed by atoms with Crippen molar-refractivity contribution in [2.75, 3.05) is 0 Å². The van der Waals surface area contributed by atoms with Crippen molar-refractivity contribution in [3.8, 4) is 0 Å². The summed E-state index contributed by atoms with van der Waals surface area (Å²) in [5.74, 6) is -0.227. The maximum Gasteiger partial charge on any atom is 0.123 e. The molecule has 1 aromatic heterocycles. The standard InChI is InChI=1S/C15H16BrFN2/c1-15(18,8-11-3-2-4-13(17)7-11)9-14-6-5-12(16)10-19-14/h2-7,10H,8-9,18H2,1H3. The van der Waals surface area contributed by atoms with Gasteiger partial charge in [0.05, 0.1) is 0 Å². The second-order valence-corrected chi connectivity index (χ2v) is 6.02. The fraction of sp³-hybridized carbons (Fsp3) is 0.267. The van der Waals surface area contributed by atoms with Gasteiger partial charge in [-0.05, 0) is 59.1 Å². The molecule has 2 N–H and O–H groups in total. The average molecular weight is 323 g/mol. The van der Waals surface area contributed by atoms with Crippen LogP contribution in [0, 0.1) is 5.82 Å². The molecule has 0 saturated carbocycles. The Morgan fingerprint density at radius 3 is 2.68 bits per heavy atom. The topological polar surface area (TPSA) is 38.9 Å². The van der Waals surface area contributed by atoms with Crippen LogP contribution in [-0.2, 0) is 12.8 Å². The lowest BCUT2D eigenvalue weighted by Gasteiger charge is -2.24. The fourth-order valence-corrected chi connectivity index (χ4v) is 2.34. The van der Waals surface area contributed by atoms with Gasteiger partial charge in [0.15, 0.2) is 0 Å². The first-order valence-electron chi connectivity index (χ1n) is 6.08. The molecule has 1 atom stereocenters. The summed E-state index contributed by atoms with van der Waals surface area (Å²) < 4.78 is 14.1. The lowest BCUT2D eigenvalue weighted by molar-refractivity contribution is 0.456. The zero-order chi connectivity index (χ0) is 13.9. The van der Waals surface area contributed by atoms with E-state index in [1.54, 1.807) is 12.3 Å². The summed E-state index contributed by atoms with van der Waals surface area (Å²) in [6.07, 6.45) is 3.02. The molecule has 0 saturated heterocycles. The van der Waals surface area contributed by atoms with E-state index in [0.29, 0.717) is 12.8 Å². The highest BCUT2D eigenvalue weighted by Gasteiger charge is 2.20. The number of benzene rings is 1. The van der Waals surface area contributed by atoms with Crippen LogP contribution in [0.3, 0.4) is 0 Å². The monoisotopic (exact) mass is 322 g/mol. The highest BCUT2D eigenvalue weighted by Crippen LogP contribution is 2.17. The Labute approximate surface area is 121 Å². The number of nitrogens with two attached hydrogens (primary N) is 1. The van der Waals surface area contributed by atoms with Crippen LogP contribution in [0.1, 0.15) is 18.2 Å². The quantitative estimate of drug-likeness (QED) is 0.935. The highest BCUT2D eigenvalue weighted by atomic mass is 79.9. The number of pyridine rings is 1. The van der Waals surface area contributed by atoms with Gasteiger partial charge >= 0.3 is 0 Å². The zero-order valence-electron chi connectivity index (χ0n) is 10.7. The first kappa shape index (κ1) is 14.2. The number of aromatic nitrogens is 1. The minimum absolute atomic E-state index is 0.227. The molecule has 19 heavy (non-hydrogen) atoms. The van der Waals surface area contributed by atoms with Gasteiger partial charge in [0.1, 0.15) is 5.82 Å². The first-order chi connectivity index (χ1) is 8.94. The Morgan fingerprint density at radius 2 is 2.05 bits per heavy atom. The van der Waals surface area contributed by atoms with E-state index in [1.807, 2.05) is 25.1 Å². The third-order valence-corrected chi connectivity index (χ3v) is 3.34. The van der Waals surface area contributed by atoms with Gasteiger partial charge in [-0.25, -0.2) is 4.39 Å². The van der Waals surface area contributed by atoms with Crippen molar-refractivity contribution in [3.63, 3.8) is 0 Å². The van der Waals surface area contributed by atoms with Crippen LogP contribution in [-0.4, -0.2) is 10.5 Å². The Hall–Kier alpha value is -1.26. The molecule has 1 aromatic carbocycles. The van der Waals surface area contributed by atoms with Gasteiger partial charge in [-0.1, -0.05) is 12.1 Å². The van der Waals surface area contributed by atoms with Crippen molar-refractivity contribution in [2.45, 2.75) is 25.3 Å². The molecule has 0 fully saturated rings. The molecule has 2 aromatic rings. The van der Waals surface area contributed by atoms with Crippen molar-refractivity contribution in [1.82, 2.24) is 4.98 Å². The number of rotatable bonds is 4. The van der Waals surface area contributed by atoms with Gasteiger partial charge in [0.2, 0.25) is 0 Å². The molecule has 0 bridgehead atoms. The molecule has 0 aliphatic heterocycles. The third-order valence-electron chi connectivity index (χ3n) is 2.87. The van der Waals surface area contributed by atoms with Crippen molar-refractivity contribution in [3.05, 3.63) is 64.1 Å². The van der Waals surface area contributed by atoms with Crippen molar-refractivity contribution in [2.24, 2.45) is 5.73 Å². The molecule has 0 spiro atoms. The lowest BCUT2D eigenvalue weighted by Crippen LogP contribution is -2.41. The zero-order valence-corrected chi connectivity index (χ0v) is 12.3. The summed E-state index contributed by atoms with van der Waals surface area (Å²) in [5.41, 5.74) is 7.68. The minimum atomic E-state index is -0.450. The maximum absolute atomic E-state index is 13.2. The van der Waals surface area contributed by atoms with Crippen molar-refractivity contribution in [1.29, 1.82) is 0 Å².